The number of aromatic nitrogens is 3. The molecule has 3 rings (SSSR count). The van der Waals surface area contributed by atoms with Crippen molar-refractivity contribution in [2.45, 2.75) is 6.54 Å². The van der Waals surface area contributed by atoms with Gasteiger partial charge in [0.05, 0.1) is 18.4 Å². The normalized spacial score (nSPS) is 10.4. The van der Waals surface area contributed by atoms with Gasteiger partial charge in [-0.05, 0) is 36.4 Å². The van der Waals surface area contributed by atoms with Crippen molar-refractivity contribution in [1.82, 2.24) is 15.0 Å². The summed E-state index contributed by atoms with van der Waals surface area (Å²) in [6.45, 7) is 0.540. The maximum absolute atomic E-state index is 12.8. The quantitative estimate of drug-likeness (QED) is 0.791. The van der Waals surface area contributed by atoms with Gasteiger partial charge in [-0.1, -0.05) is 23.4 Å². The number of anilines is 1. The van der Waals surface area contributed by atoms with E-state index < -0.39 is 0 Å². The summed E-state index contributed by atoms with van der Waals surface area (Å²) in [6.07, 6.45) is 1.87. The fraction of sp³-hybridized carbons (Fsp3) is 0.0667. The predicted molar refractivity (Wildman–Crippen MR) is 75.1 cm³/mol. The molecule has 5 heteroatoms. The fourth-order valence-electron chi connectivity index (χ4n) is 1.85. The lowest BCUT2D eigenvalue weighted by atomic mass is 10.3. The van der Waals surface area contributed by atoms with Gasteiger partial charge >= 0.3 is 0 Å². The SMILES string of the molecule is Fc1ccc(NCc2cn(-c3ccccc3)nn2)cc1. The zero-order chi connectivity index (χ0) is 13.8. The average Bonchev–Trinajstić information content (AvgIpc) is 2.97. The second kappa shape index (κ2) is 5.52. The number of nitrogens with zero attached hydrogens (tertiary/aromatic N) is 3. The highest BCUT2D eigenvalue weighted by Crippen LogP contribution is 2.10. The minimum atomic E-state index is -0.245. The van der Waals surface area contributed by atoms with Crippen LogP contribution in [0.15, 0.2) is 60.8 Å². The highest BCUT2D eigenvalue weighted by atomic mass is 19.1. The van der Waals surface area contributed by atoms with E-state index >= 15 is 0 Å². The summed E-state index contributed by atoms with van der Waals surface area (Å²) in [5.41, 5.74) is 2.63. The van der Waals surface area contributed by atoms with Crippen molar-refractivity contribution in [2.75, 3.05) is 5.32 Å². The average molecular weight is 268 g/mol. The van der Waals surface area contributed by atoms with Crippen molar-refractivity contribution in [1.29, 1.82) is 0 Å². The molecular weight excluding hydrogens is 255 g/mol. The Kier molecular flexibility index (Phi) is 3.41. The Balaban J connectivity index is 1.67. The van der Waals surface area contributed by atoms with Crippen molar-refractivity contribution in [3.8, 4) is 5.69 Å². The van der Waals surface area contributed by atoms with Crippen LogP contribution in [0.2, 0.25) is 0 Å². The number of nitrogens with one attached hydrogen (secondary N) is 1. The van der Waals surface area contributed by atoms with Crippen LogP contribution in [0.3, 0.4) is 0 Å². The second-order valence-electron chi connectivity index (χ2n) is 4.35. The molecule has 0 aliphatic rings. The number of hydrogen-bond acceptors (Lipinski definition) is 3. The number of hydrogen-bond donors (Lipinski definition) is 1. The van der Waals surface area contributed by atoms with Crippen LogP contribution in [0.5, 0.6) is 0 Å². The van der Waals surface area contributed by atoms with Gasteiger partial charge in [0.15, 0.2) is 0 Å². The lowest BCUT2D eigenvalue weighted by Crippen LogP contribution is -1.99. The molecule has 0 fully saturated rings. The summed E-state index contributed by atoms with van der Waals surface area (Å²) < 4.78 is 14.5. The molecule has 0 radical (unpaired) electrons. The molecule has 0 unspecified atom stereocenters. The van der Waals surface area contributed by atoms with E-state index in [2.05, 4.69) is 15.6 Å². The van der Waals surface area contributed by atoms with Gasteiger partial charge in [-0.3, -0.25) is 0 Å². The van der Waals surface area contributed by atoms with Crippen LogP contribution in [0, 0.1) is 5.82 Å². The Morgan fingerprint density at radius 1 is 1.00 bits per heavy atom. The first kappa shape index (κ1) is 12.3. The monoisotopic (exact) mass is 268 g/mol. The van der Waals surface area contributed by atoms with Gasteiger partial charge in [-0.2, -0.15) is 0 Å². The molecule has 0 atom stereocenters. The second-order valence-corrected chi connectivity index (χ2v) is 4.35. The first-order chi connectivity index (χ1) is 9.81. The molecule has 1 heterocycles. The van der Waals surface area contributed by atoms with Crippen LogP contribution >= 0.6 is 0 Å². The van der Waals surface area contributed by atoms with Crippen LogP contribution in [-0.2, 0) is 6.54 Å². The van der Waals surface area contributed by atoms with E-state index in [1.165, 1.54) is 12.1 Å². The molecule has 3 aromatic rings. The molecule has 100 valence electrons. The Hall–Kier alpha value is -2.69. The molecule has 0 aliphatic carbocycles. The van der Waals surface area contributed by atoms with Crippen LogP contribution < -0.4 is 5.32 Å². The molecule has 2 aromatic carbocycles. The van der Waals surface area contributed by atoms with Gasteiger partial charge in [0.1, 0.15) is 11.5 Å². The van der Waals surface area contributed by atoms with Crippen LogP contribution in [0.25, 0.3) is 5.69 Å². The fourth-order valence-corrected chi connectivity index (χ4v) is 1.85. The van der Waals surface area contributed by atoms with Gasteiger partial charge in [0, 0.05) is 5.69 Å². The zero-order valence-corrected chi connectivity index (χ0v) is 10.7. The Bertz CT molecular complexity index is 677. The summed E-state index contributed by atoms with van der Waals surface area (Å²) in [5, 5.41) is 11.4. The van der Waals surface area contributed by atoms with E-state index in [-0.39, 0.29) is 5.82 Å². The molecule has 0 saturated carbocycles. The lowest BCUT2D eigenvalue weighted by Gasteiger charge is -2.03. The molecule has 0 aliphatic heterocycles. The maximum atomic E-state index is 12.8. The largest absolute Gasteiger partial charge is 0.379 e. The molecule has 0 bridgehead atoms. The zero-order valence-electron chi connectivity index (χ0n) is 10.7. The first-order valence-electron chi connectivity index (χ1n) is 6.27. The van der Waals surface area contributed by atoms with E-state index in [1.54, 1.807) is 16.8 Å². The third-order valence-corrected chi connectivity index (χ3v) is 2.88. The standard InChI is InChI=1S/C15H13FN4/c16-12-6-8-13(9-7-12)17-10-14-11-20(19-18-14)15-4-2-1-3-5-15/h1-9,11,17H,10H2. The molecule has 4 nitrogen and oxygen atoms in total. The number of benzene rings is 2. The van der Waals surface area contributed by atoms with Gasteiger partial charge in [-0.15, -0.1) is 5.10 Å². The van der Waals surface area contributed by atoms with Gasteiger partial charge < -0.3 is 5.32 Å². The maximum Gasteiger partial charge on any atom is 0.123 e. The van der Waals surface area contributed by atoms with Crippen LogP contribution in [0.4, 0.5) is 10.1 Å². The lowest BCUT2D eigenvalue weighted by molar-refractivity contribution is 0.628. The van der Waals surface area contributed by atoms with Gasteiger partial charge in [0.25, 0.3) is 0 Å². The smallest absolute Gasteiger partial charge is 0.123 e. The summed E-state index contributed by atoms with van der Waals surface area (Å²) in [7, 11) is 0. The van der Waals surface area contributed by atoms with E-state index in [1.807, 2.05) is 36.5 Å². The molecule has 20 heavy (non-hydrogen) atoms. The van der Waals surface area contributed by atoms with Gasteiger partial charge in [-0.25, -0.2) is 9.07 Å². The summed E-state index contributed by atoms with van der Waals surface area (Å²) in [4.78, 5) is 0. The predicted octanol–water partition coefficient (Wildman–Crippen LogP) is 3.02. The molecular formula is C15H13FN4. The Labute approximate surface area is 115 Å². The molecule has 0 spiro atoms. The van der Waals surface area contributed by atoms with Crippen LogP contribution in [-0.4, -0.2) is 15.0 Å². The number of rotatable bonds is 4. The molecule has 1 aromatic heterocycles. The highest BCUT2D eigenvalue weighted by molar-refractivity contribution is 5.43. The third-order valence-electron chi connectivity index (χ3n) is 2.88. The summed E-state index contributed by atoms with van der Waals surface area (Å²) in [5.74, 6) is -0.245. The summed E-state index contributed by atoms with van der Waals surface area (Å²) >= 11 is 0. The van der Waals surface area contributed by atoms with E-state index in [9.17, 15) is 4.39 Å². The highest BCUT2D eigenvalue weighted by Gasteiger charge is 2.02. The van der Waals surface area contributed by atoms with Crippen molar-refractivity contribution >= 4 is 5.69 Å². The topological polar surface area (TPSA) is 42.7 Å². The minimum Gasteiger partial charge on any atom is -0.379 e. The minimum absolute atomic E-state index is 0.245. The van der Waals surface area contributed by atoms with Gasteiger partial charge in [0.2, 0.25) is 0 Å². The molecule has 0 saturated heterocycles. The van der Waals surface area contributed by atoms with E-state index in [4.69, 9.17) is 0 Å². The van der Waals surface area contributed by atoms with Crippen LogP contribution in [0.1, 0.15) is 5.69 Å². The molecule has 1 N–H and O–H groups in total. The van der Waals surface area contributed by atoms with E-state index in [0.717, 1.165) is 17.1 Å². The Morgan fingerprint density at radius 3 is 2.50 bits per heavy atom. The van der Waals surface area contributed by atoms with Crippen molar-refractivity contribution in [3.63, 3.8) is 0 Å². The third kappa shape index (κ3) is 2.83. The molecule has 0 amide bonds. The number of halogens is 1. The number of para-hydroxylation sites is 1. The Morgan fingerprint density at radius 2 is 1.75 bits per heavy atom. The van der Waals surface area contributed by atoms with E-state index in [0.29, 0.717) is 6.54 Å². The van der Waals surface area contributed by atoms with Crippen molar-refractivity contribution in [3.05, 3.63) is 72.3 Å². The van der Waals surface area contributed by atoms with Crippen molar-refractivity contribution < 1.29 is 4.39 Å². The first-order valence-corrected chi connectivity index (χ1v) is 6.27. The van der Waals surface area contributed by atoms with Crippen molar-refractivity contribution in [2.24, 2.45) is 0 Å². The summed E-state index contributed by atoms with van der Waals surface area (Å²) in [6, 6.07) is 16.0.